The van der Waals surface area contributed by atoms with Gasteiger partial charge in [0.15, 0.2) is 12.4 Å². The van der Waals surface area contributed by atoms with Crippen molar-refractivity contribution in [2.24, 2.45) is 0 Å². The molecule has 0 saturated heterocycles. The van der Waals surface area contributed by atoms with Crippen LogP contribution in [0.5, 0.6) is 5.75 Å². The number of amides is 1. The van der Waals surface area contributed by atoms with Crippen LogP contribution in [0.4, 0.5) is 0 Å². The van der Waals surface area contributed by atoms with Crippen molar-refractivity contribution in [1.82, 2.24) is 10.3 Å². The number of carbonyl (C=O) groups is 2. The Balaban J connectivity index is 1.78. The first kappa shape index (κ1) is 16.7. The zero-order valence-electron chi connectivity index (χ0n) is 13.5. The summed E-state index contributed by atoms with van der Waals surface area (Å²) in [5, 5.41) is 2.67. The highest BCUT2D eigenvalue weighted by molar-refractivity contribution is 5.95. The molecule has 6 nitrogen and oxygen atoms in total. The molecule has 0 bridgehead atoms. The van der Waals surface area contributed by atoms with Gasteiger partial charge < -0.3 is 14.5 Å². The van der Waals surface area contributed by atoms with Gasteiger partial charge in [-0.25, -0.2) is 4.98 Å². The van der Waals surface area contributed by atoms with Crippen molar-refractivity contribution in [3.63, 3.8) is 0 Å². The average Bonchev–Trinajstić information content (AvgIpc) is 2.89. The molecule has 0 aliphatic heterocycles. The van der Waals surface area contributed by atoms with E-state index in [2.05, 4.69) is 10.3 Å². The van der Waals surface area contributed by atoms with Gasteiger partial charge in [0.05, 0.1) is 12.2 Å². The number of ketones is 1. The van der Waals surface area contributed by atoms with Crippen molar-refractivity contribution in [2.75, 3.05) is 6.61 Å². The van der Waals surface area contributed by atoms with Gasteiger partial charge in [-0.05, 0) is 38.1 Å². The lowest BCUT2D eigenvalue weighted by atomic mass is 10.1. The molecule has 122 valence electrons. The summed E-state index contributed by atoms with van der Waals surface area (Å²) in [6.45, 7) is 5.60. The number of benzene rings is 1. The van der Waals surface area contributed by atoms with Crippen molar-refractivity contribution in [3.8, 4) is 5.75 Å². The normalized spacial score (nSPS) is 10.4. The van der Waals surface area contributed by atoms with Crippen LogP contribution in [-0.2, 0) is 11.3 Å². The van der Waals surface area contributed by atoms with E-state index in [1.165, 1.54) is 0 Å². The summed E-state index contributed by atoms with van der Waals surface area (Å²) in [6.07, 6.45) is 0.461. The molecular formula is C17H20N2O4. The lowest BCUT2D eigenvalue weighted by Gasteiger charge is -2.07. The molecule has 0 fully saturated rings. The van der Waals surface area contributed by atoms with Gasteiger partial charge in [0, 0.05) is 12.0 Å². The van der Waals surface area contributed by atoms with Crippen LogP contribution in [0.2, 0.25) is 0 Å². The third kappa shape index (κ3) is 4.67. The van der Waals surface area contributed by atoms with Gasteiger partial charge in [0.2, 0.25) is 5.89 Å². The maximum Gasteiger partial charge on any atom is 0.258 e. The topological polar surface area (TPSA) is 81.4 Å². The first-order chi connectivity index (χ1) is 11.0. The Morgan fingerprint density at radius 2 is 1.91 bits per heavy atom. The minimum absolute atomic E-state index is 0.0748. The molecule has 0 atom stereocenters. The summed E-state index contributed by atoms with van der Waals surface area (Å²) in [5.74, 6) is 1.55. The molecule has 1 amide bonds. The molecule has 2 rings (SSSR count). The van der Waals surface area contributed by atoms with Crippen LogP contribution in [-0.4, -0.2) is 23.3 Å². The number of Topliss-reactive ketones (excluding diaryl/α,β-unsaturated/α-hetero) is 1. The van der Waals surface area contributed by atoms with E-state index in [1.54, 1.807) is 24.3 Å². The molecule has 0 aliphatic carbocycles. The number of nitrogens with one attached hydrogen (secondary N) is 1. The van der Waals surface area contributed by atoms with Crippen LogP contribution in [0.3, 0.4) is 0 Å². The van der Waals surface area contributed by atoms with E-state index in [0.29, 0.717) is 23.6 Å². The number of aryl methyl sites for hydroxylation is 2. The zero-order chi connectivity index (χ0) is 16.8. The lowest BCUT2D eigenvalue weighted by Crippen LogP contribution is -2.28. The van der Waals surface area contributed by atoms with E-state index in [1.807, 2.05) is 20.8 Å². The van der Waals surface area contributed by atoms with Crippen LogP contribution in [0.1, 0.15) is 41.0 Å². The van der Waals surface area contributed by atoms with Crippen molar-refractivity contribution >= 4 is 11.7 Å². The fourth-order valence-corrected chi connectivity index (χ4v) is 1.93. The Hall–Kier alpha value is -2.63. The highest BCUT2D eigenvalue weighted by atomic mass is 16.5. The second-order valence-corrected chi connectivity index (χ2v) is 5.12. The highest BCUT2D eigenvalue weighted by Crippen LogP contribution is 2.13. The standard InChI is InChI=1S/C17H20N2O4/c1-4-15(20)13-5-7-14(8-6-13)22-10-16(21)18-9-17-19-11(2)12(3)23-17/h5-8H,4,9-10H2,1-3H3,(H,18,21). The van der Waals surface area contributed by atoms with Crippen molar-refractivity contribution in [2.45, 2.75) is 33.7 Å². The van der Waals surface area contributed by atoms with E-state index < -0.39 is 0 Å². The molecule has 1 heterocycles. The van der Waals surface area contributed by atoms with Crippen LogP contribution in [0.25, 0.3) is 0 Å². The van der Waals surface area contributed by atoms with Gasteiger partial charge >= 0.3 is 0 Å². The number of rotatable bonds is 7. The molecule has 6 heteroatoms. The van der Waals surface area contributed by atoms with Gasteiger partial charge in [-0.15, -0.1) is 0 Å². The molecule has 0 saturated carbocycles. The molecule has 1 aromatic heterocycles. The molecule has 0 aliphatic rings. The third-order valence-electron chi connectivity index (χ3n) is 3.38. The minimum atomic E-state index is -0.271. The Morgan fingerprint density at radius 3 is 2.48 bits per heavy atom. The molecule has 23 heavy (non-hydrogen) atoms. The van der Waals surface area contributed by atoms with E-state index in [-0.39, 0.29) is 24.8 Å². The molecule has 0 spiro atoms. The monoisotopic (exact) mass is 316 g/mol. The second kappa shape index (κ2) is 7.58. The Labute approximate surface area is 134 Å². The molecule has 2 aromatic rings. The van der Waals surface area contributed by atoms with Crippen LogP contribution >= 0.6 is 0 Å². The van der Waals surface area contributed by atoms with E-state index >= 15 is 0 Å². The summed E-state index contributed by atoms with van der Waals surface area (Å²) in [5.41, 5.74) is 1.45. The Bertz CT molecular complexity index is 670. The van der Waals surface area contributed by atoms with Crippen LogP contribution in [0, 0.1) is 13.8 Å². The SMILES string of the molecule is CCC(=O)c1ccc(OCC(=O)NCc2nc(C)c(C)o2)cc1. The predicted octanol–water partition coefficient (Wildman–Crippen LogP) is 2.58. The summed E-state index contributed by atoms with van der Waals surface area (Å²) >= 11 is 0. The Kier molecular flexibility index (Phi) is 5.51. The summed E-state index contributed by atoms with van der Waals surface area (Å²) < 4.78 is 10.8. The number of oxazole rings is 1. The lowest BCUT2D eigenvalue weighted by molar-refractivity contribution is -0.123. The second-order valence-electron chi connectivity index (χ2n) is 5.12. The molecule has 0 unspecified atom stereocenters. The van der Waals surface area contributed by atoms with Crippen molar-refractivity contribution < 1.29 is 18.7 Å². The zero-order valence-corrected chi connectivity index (χ0v) is 13.5. The number of carbonyl (C=O) groups excluding carboxylic acids is 2. The first-order valence-corrected chi connectivity index (χ1v) is 7.45. The maximum atomic E-state index is 11.7. The minimum Gasteiger partial charge on any atom is -0.484 e. The fraction of sp³-hybridized carbons (Fsp3) is 0.353. The van der Waals surface area contributed by atoms with Gasteiger partial charge in [-0.3, -0.25) is 9.59 Å². The van der Waals surface area contributed by atoms with Gasteiger partial charge in [-0.2, -0.15) is 0 Å². The van der Waals surface area contributed by atoms with Crippen molar-refractivity contribution in [3.05, 3.63) is 47.2 Å². The molecule has 0 radical (unpaired) electrons. The summed E-state index contributed by atoms with van der Waals surface area (Å²) in [6, 6.07) is 6.74. The summed E-state index contributed by atoms with van der Waals surface area (Å²) in [4.78, 5) is 27.4. The fourth-order valence-electron chi connectivity index (χ4n) is 1.93. The van der Waals surface area contributed by atoms with Gasteiger partial charge in [0.1, 0.15) is 11.5 Å². The number of nitrogens with zero attached hydrogens (tertiary/aromatic N) is 1. The largest absolute Gasteiger partial charge is 0.484 e. The van der Waals surface area contributed by atoms with Gasteiger partial charge in [-0.1, -0.05) is 6.92 Å². The Morgan fingerprint density at radius 1 is 1.22 bits per heavy atom. The van der Waals surface area contributed by atoms with Crippen LogP contribution in [0.15, 0.2) is 28.7 Å². The van der Waals surface area contributed by atoms with Crippen molar-refractivity contribution in [1.29, 1.82) is 0 Å². The molecule has 1 N–H and O–H groups in total. The third-order valence-corrected chi connectivity index (χ3v) is 3.38. The van der Waals surface area contributed by atoms with E-state index in [9.17, 15) is 9.59 Å². The van der Waals surface area contributed by atoms with E-state index in [0.717, 1.165) is 11.5 Å². The van der Waals surface area contributed by atoms with Gasteiger partial charge in [0.25, 0.3) is 5.91 Å². The maximum absolute atomic E-state index is 11.7. The van der Waals surface area contributed by atoms with E-state index in [4.69, 9.17) is 9.15 Å². The summed E-state index contributed by atoms with van der Waals surface area (Å²) in [7, 11) is 0. The number of hydrogen-bond donors (Lipinski definition) is 1. The first-order valence-electron chi connectivity index (χ1n) is 7.45. The predicted molar refractivity (Wildman–Crippen MR) is 84.4 cm³/mol. The quantitative estimate of drug-likeness (QED) is 0.794. The number of hydrogen-bond acceptors (Lipinski definition) is 5. The molecular weight excluding hydrogens is 296 g/mol. The average molecular weight is 316 g/mol. The van der Waals surface area contributed by atoms with Crippen LogP contribution < -0.4 is 10.1 Å². The highest BCUT2D eigenvalue weighted by Gasteiger charge is 2.08. The smallest absolute Gasteiger partial charge is 0.258 e. The number of ether oxygens (including phenoxy) is 1. The molecule has 1 aromatic carbocycles. The number of aromatic nitrogens is 1.